The first-order valence-electron chi connectivity index (χ1n) is 1.33. The topological polar surface area (TPSA) is 40.5 Å². The van der Waals surface area contributed by atoms with Crippen LogP contribution in [-0.2, 0) is 0 Å². The van der Waals surface area contributed by atoms with E-state index in [4.69, 9.17) is 10.2 Å². The second-order valence-corrected chi connectivity index (χ2v) is 0.716. The maximum atomic E-state index is 7.79. The highest BCUT2D eigenvalue weighted by Crippen LogP contribution is 1.74. The molecule has 0 spiro atoms. The fourth-order valence-electron chi connectivity index (χ4n) is 0. The van der Waals surface area contributed by atoms with E-state index in [2.05, 4.69) is 7.85 Å². The van der Waals surface area contributed by atoms with E-state index in [0.29, 0.717) is 0 Å². The number of aliphatic hydroxyl groups is 2. The number of aliphatic hydroxyl groups excluding tert-OH is 1. The monoisotopic (exact) mass is 72.0 g/mol. The zero-order chi connectivity index (χ0) is 4.28. The van der Waals surface area contributed by atoms with E-state index in [1.54, 1.807) is 0 Å². The molecular weight excluding hydrogens is 66.8 g/mol. The number of hydrogen-bond acceptors (Lipinski definition) is 2. The predicted molar refractivity (Wildman–Crippen MR) is 18.8 cm³/mol. The molecule has 0 fully saturated rings. The van der Waals surface area contributed by atoms with Crippen LogP contribution in [0.5, 0.6) is 0 Å². The van der Waals surface area contributed by atoms with Gasteiger partial charge in [-0.15, -0.1) is 0 Å². The van der Waals surface area contributed by atoms with Crippen LogP contribution < -0.4 is 0 Å². The van der Waals surface area contributed by atoms with Gasteiger partial charge in [-0.05, 0) is 6.32 Å². The molecule has 0 aromatic heterocycles. The summed E-state index contributed by atoms with van der Waals surface area (Å²) in [4.78, 5) is 0. The molecule has 2 radical (unpaired) electrons. The van der Waals surface area contributed by atoms with Crippen LogP contribution in [0.15, 0.2) is 0 Å². The molecule has 0 saturated heterocycles. The summed E-state index contributed by atoms with van der Waals surface area (Å²) in [6, 6.07) is 0. The van der Waals surface area contributed by atoms with Gasteiger partial charge in [0, 0.05) is 0 Å². The zero-order valence-electron chi connectivity index (χ0n) is 2.76. The standard InChI is InChI=1S/C2H5BO2/c3-1-2(4)5/h2,4-5H,1H2. The molecule has 3 heteroatoms. The van der Waals surface area contributed by atoms with E-state index < -0.39 is 6.29 Å². The SMILES string of the molecule is [B]CC(O)O. The molecule has 5 heavy (non-hydrogen) atoms. The molecule has 0 aliphatic carbocycles. The second-order valence-electron chi connectivity index (χ2n) is 0.716. The summed E-state index contributed by atoms with van der Waals surface area (Å²) in [5, 5.41) is 15.6. The summed E-state index contributed by atoms with van der Waals surface area (Å²) in [5.74, 6) is 0. The highest BCUT2D eigenvalue weighted by Gasteiger charge is 1.83. The van der Waals surface area contributed by atoms with Crippen LogP contribution in [-0.4, -0.2) is 24.3 Å². The molecular formula is C2H5BO2. The van der Waals surface area contributed by atoms with E-state index in [1.165, 1.54) is 0 Å². The third-order valence-corrected chi connectivity index (χ3v) is 0.211. The Hall–Kier alpha value is -0.0151. The summed E-state index contributed by atoms with van der Waals surface area (Å²) in [6.07, 6.45) is -1.42. The Balaban J connectivity index is 2.54. The van der Waals surface area contributed by atoms with Crippen molar-refractivity contribution in [3.63, 3.8) is 0 Å². The summed E-state index contributed by atoms with van der Waals surface area (Å²) >= 11 is 0. The van der Waals surface area contributed by atoms with Gasteiger partial charge in [0.05, 0.1) is 7.85 Å². The predicted octanol–water partition coefficient (Wildman–Crippen LogP) is -1.12. The van der Waals surface area contributed by atoms with Crippen LogP contribution in [0.2, 0.25) is 6.32 Å². The first-order valence-corrected chi connectivity index (χ1v) is 1.33. The minimum Gasteiger partial charge on any atom is -0.369 e. The molecule has 2 N–H and O–H groups in total. The van der Waals surface area contributed by atoms with Crippen LogP contribution in [0.25, 0.3) is 0 Å². The smallest absolute Gasteiger partial charge is 0.143 e. The lowest BCUT2D eigenvalue weighted by Gasteiger charge is -1.90. The largest absolute Gasteiger partial charge is 0.369 e. The summed E-state index contributed by atoms with van der Waals surface area (Å²) in [5.41, 5.74) is 0. The van der Waals surface area contributed by atoms with Gasteiger partial charge in [0.15, 0.2) is 0 Å². The van der Waals surface area contributed by atoms with Gasteiger partial charge in [0.2, 0.25) is 0 Å². The molecule has 28 valence electrons. The highest BCUT2D eigenvalue weighted by molar-refractivity contribution is 6.08. The van der Waals surface area contributed by atoms with E-state index in [0.717, 1.165) is 0 Å². The molecule has 2 nitrogen and oxygen atoms in total. The van der Waals surface area contributed by atoms with Crippen molar-refractivity contribution in [2.24, 2.45) is 0 Å². The maximum Gasteiger partial charge on any atom is 0.143 e. The van der Waals surface area contributed by atoms with E-state index in [9.17, 15) is 0 Å². The minimum atomic E-state index is -1.34. The van der Waals surface area contributed by atoms with Crippen molar-refractivity contribution in [3.05, 3.63) is 0 Å². The van der Waals surface area contributed by atoms with Crippen LogP contribution in [0.1, 0.15) is 0 Å². The van der Waals surface area contributed by atoms with E-state index in [-0.39, 0.29) is 6.32 Å². The number of rotatable bonds is 1. The van der Waals surface area contributed by atoms with Crippen LogP contribution in [0.3, 0.4) is 0 Å². The molecule has 0 atom stereocenters. The van der Waals surface area contributed by atoms with Crippen molar-refractivity contribution in [3.8, 4) is 0 Å². The normalized spacial score (nSPS) is 9.40. The quantitative estimate of drug-likeness (QED) is 0.304. The van der Waals surface area contributed by atoms with Gasteiger partial charge in [-0.2, -0.15) is 0 Å². The minimum absolute atomic E-state index is 0.0833. The van der Waals surface area contributed by atoms with Crippen molar-refractivity contribution in [1.29, 1.82) is 0 Å². The summed E-state index contributed by atoms with van der Waals surface area (Å²) in [6.45, 7) is 0. The summed E-state index contributed by atoms with van der Waals surface area (Å²) in [7, 11) is 4.67. The van der Waals surface area contributed by atoms with Crippen LogP contribution in [0, 0.1) is 0 Å². The number of hydrogen-bond donors (Lipinski definition) is 2. The van der Waals surface area contributed by atoms with Crippen molar-refractivity contribution >= 4 is 7.85 Å². The zero-order valence-corrected chi connectivity index (χ0v) is 2.76. The maximum absolute atomic E-state index is 7.79. The fourth-order valence-corrected chi connectivity index (χ4v) is 0. The Morgan fingerprint density at radius 1 is 1.60 bits per heavy atom. The Morgan fingerprint density at radius 3 is 1.80 bits per heavy atom. The lowest BCUT2D eigenvalue weighted by Crippen LogP contribution is -2.00. The van der Waals surface area contributed by atoms with Crippen molar-refractivity contribution in [1.82, 2.24) is 0 Å². The second kappa shape index (κ2) is 2.24. The van der Waals surface area contributed by atoms with Crippen molar-refractivity contribution in [2.75, 3.05) is 0 Å². The lowest BCUT2D eigenvalue weighted by molar-refractivity contribution is -0.0221. The molecule has 0 bridgehead atoms. The van der Waals surface area contributed by atoms with Gasteiger partial charge in [0.1, 0.15) is 6.29 Å². The molecule has 0 heterocycles. The molecule has 0 aliphatic rings. The van der Waals surface area contributed by atoms with Crippen LogP contribution >= 0.6 is 0 Å². The lowest BCUT2D eigenvalue weighted by atomic mass is 10.1. The highest BCUT2D eigenvalue weighted by atomic mass is 16.5. The Kier molecular flexibility index (Phi) is 2.23. The van der Waals surface area contributed by atoms with Gasteiger partial charge < -0.3 is 10.2 Å². The first-order chi connectivity index (χ1) is 2.27. The van der Waals surface area contributed by atoms with Crippen molar-refractivity contribution in [2.45, 2.75) is 12.6 Å². The van der Waals surface area contributed by atoms with Gasteiger partial charge >= 0.3 is 0 Å². The van der Waals surface area contributed by atoms with Gasteiger partial charge in [-0.25, -0.2) is 0 Å². The summed E-state index contributed by atoms with van der Waals surface area (Å²) < 4.78 is 0. The third kappa shape index (κ3) is 3.98. The van der Waals surface area contributed by atoms with Crippen molar-refractivity contribution < 1.29 is 10.2 Å². The van der Waals surface area contributed by atoms with Gasteiger partial charge in [0.25, 0.3) is 0 Å². The molecule has 0 saturated carbocycles. The van der Waals surface area contributed by atoms with E-state index >= 15 is 0 Å². The third-order valence-electron chi connectivity index (χ3n) is 0.211. The average molecular weight is 71.9 g/mol. The molecule has 0 amide bonds. The molecule has 0 rings (SSSR count). The molecule has 0 unspecified atom stereocenters. The fraction of sp³-hybridized carbons (Fsp3) is 1.00. The van der Waals surface area contributed by atoms with Gasteiger partial charge in [-0.1, -0.05) is 0 Å². The molecule has 0 aromatic carbocycles. The van der Waals surface area contributed by atoms with E-state index in [1.807, 2.05) is 0 Å². The van der Waals surface area contributed by atoms with Crippen LogP contribution in [0.4, 0.5) is 0 Å². The Labute approximate surface area is 31.8 Å². The Morgan fingerprint density at radius 2 is 1.80 bits per heavy atom. The Bertz CT molecular complexity index is 21.6. The van der Waals surface area contributed by atoms with Gasteiger partial charge in [-0.3, -0.25) is 0 Å². The molecule has 0 aromatic rings. The first kappa shape index (κ1) is 4.98. The average Bonchev–Trinajstić information content (AvgIpc) is 1.38. The molecule has 0 aliphatic heterocycles.